The van der Waals surface area contributed by atoms with Crippen molar-refractivity contribution in [2.45, 2.75) is 403 Å². The number of aliphatic hydroxyl groups is 33. The van der Waals surface area contributed by atoms with Crippen LogP contribution in [0.2, 0.25) is 0 Å². The van der Waals surface area contributed by atoms with Crippen LogP contribution in [0.5, 0.6) is 0 Å². The van der Waals surface area contributed by atoms with Gasteiger partial charge in [-0.05, 0) is 0 Å². The molecule has 0 aromatic carbocycles. The lowest BCUT2D eigenvalue weighted by molar-refractivity contribution is -0.400. The van der Waals surface area contributed by atoms with Crippen LogP contribution in [0.25, 0.3) is 0 Å². The molecule has 66 nitrogen and oxygen atoms in total. The van der Waals surface area contributed by atoms with Gasteiger partial charge in [-0.1, -0.05) is 0 Å². The molecule has 0 aromatic rings. The number of aliphatic hydroxyl groups excluding tert-OH is 33. The molecule has 66 heteroatoms. The van der Waals surface area contributed by atoms with E-state index in [9.17, 15) is 192 Å². The molecule has 12 fully saturated rings. The first-order valence-electron chi connectivity index (χ1n) is 47.2. The summed E-state index contributed by atoms with van der Waals surface area (Å²) in [4.78, 5) is 64.9. The molecule has 0 bridgehead atoms. The van der Waals surface area contributed by atoms with E-state index in [1.54, 1.807) is 0 Å². The molecule has 148 heavy (non-hydrogen) atoms. The quantitative estimate of drug-likeness (QED) is 0.0272. The van der Waals surface area contributed by atoms with Crippen LogP contribution in [0, 0.1) is 0 Å². The van der Waals surface area contributed by atoms with Gasteiger partial charge in [0.25, 0.3) is 0 Å². The van der Waals surface area contributed by atoms with Gasteiger partial charge in [0.2, 0.25) is 29.5 Å². The minimum absolute atomic E-state index is 0.828. The molecule has 12 saturated heterocycles. The van der Waals surface area contributed by atoms with Crippen molar-refractivity contribution in [1.82, 2.24) is 26.6 Å². The van der Waals surface area contributed by atoms with Crippen molar-refractivity contribution in [2.24, 2.45) is 0 Å². The van der Waals surface area contributed by atoms with Crippen LogP contribution in [-0.4, -0.2) is 645 Å². The summed E-state index contributed by atoms with van der Waals surface area (Å²) < 4.78 is 137. The third kappa shape index (κ3) is 26.7. The zero-order valence-corrected chi connectivity index (χ0v) is 79.3. The third-order valence-electron chi connectivity index (χ3n) is 27.1. The second-order valence-corrected chi connectivity index (χ2v) is 37.3. The van der Waals surface area contributed by atoms with Crippen molar-refractivity contribution in [2.75, 3.05) is 79.3 Å². The van der Waals surface area contributed by atoms with Crippen molar-refractivity contribution >= 4 is 29.5 Å². The second kappa shape index (κ2) is 53.4. The van der Waals surface area contributed by atoms with Gasteiger partial charge in [-0.3, -0.25) is 24.0 Å². The normalized spacial score (nSPS) is 49.3. The van der Waals surface area contributed by atoms with Gasteiger partial charge < -0.3 is 304 Å². The van der Waals surface area contributed by atoms with E-state index in [0.29, 0.717) is 0 Å². The first kappa shape index (κ1) is 122. The van der Waals surface area contributed by atoms with E-state index >= 15 is 0 Å². The lowest BCUT2D eigenvalue weighted by Gasteiger charge is -2.51. The largest absolute Gasteiger partial charge is 0.394 e. The molecule has 0 spiro atoms. The average molecular weight is 2170 g/mol. The second-order valence-electron chi connectivity index (χ2n) is 37.3. The van der Waals surface area contributed by atoms with E-state index in [1.807, 2.05) is 0 Å². The number of carbonyl (C=O) groups excluding carboxylic acids is 5. The number of hydrogen-bond acceptors (Lipinski definition) is 61. The van der Waals surface area contributed by atoms with Crippen LogP contribution in [0.1, 0.15) is 34.6 Å². The number of rotatable bonds is 39. The van der Waals surface area contributed by atoms with E-state index in [2.05, 4.69) is 26.6 Å². The van der Waals surface area contributed by atoms with Gasteiger partial charge in [0, 0.05) is 34.6 Å². The fourth-order valence-electron chi connectivity index (χ4n) is 19.3. The lowest BCUT2D eigenvalue weighted by Crippen LogP contribution is -2.71. The summed E-state index contributed by atoms with van der Waals surface area (Å²) in [6, 6.07) is -9.82. The van der Waals surface area contributed by atoms with Crippen LogP contribution in [0.15, 0.2) is 0 Å². The van der Waals surface area contributed by atoms with Crippen molar-refractivity contribution in [3.63, 3.8) is 0 Å². The summed E-state index contributed by atoms with van der Waals surface area (Å²) in [6.45, 7) is -9.41. The first-order chi connectivity index (χ1) is 70.1. The molecule has 5 amide bonds. The molecule has 0 aliphatic carbocycles. The number of hydrogen-bond donors (Lipinski definition) is 38. The fraction of sp³-hybridized carbons (Fsp3) is 0.939. The molecule has 12 rings (SSSR count). The highest BCUT2D eigenvalue weighted by molar-refractivity contribution is 5.75. The van der Waals surface area contributed by atoms with Gasteiger partial charge in [0.15, 0.2) is 75.5 Å². The summed E-state index contributed by atoms with van der Waals surface area (Å²) >= 11 is 0. The Morgan fingerprint density at radius 2 is 0.365 bits per heavy atom. The Labute approximate surface area is 837 Å². The van der Waals surface area contributed by atoms with Crippen LogP contribution >= 0.6 is 0 Å². The number of ether oxygens (including phenoxy) is 23. The predicted octanol–water partition coefficient (Wildman–Crippen LogP) is -26.4. The molecule has 0 unspecified atom stereocenters. The Morgan fingerprint density at radius 1 is 0.176 bits per heavy atom. The van der Waals surface area contributed by atoms with Crippen LogP contribution in [0.3, 0.4) is 0 Å². The lowest BCUT2D eigenvalue weighted by atomic mass is 9.93. The minimum atomic E-state index is -2.69. The predicted molar refractivity (Wildman–Crippen MR) is 453 cm³/mol. The summed E-state index contributed by atoms with van der Waals surface area (Å²) in [7, 11) is 0. The number of amides is 5. The Kier molecular flexibility index (Phi) is 43.9. The minimum Gasteiger partial charge on any atom is -0.394 e. The molecule has 0 radical (unpaired) electrons. The monoisotopic (exact) mass is 2170 g/mol. The highest BCUT2D eigenvalue weighted by Crippen LogP contribution is 2.43. The topological polar surface area (TPSA) is 1030 Å². The Balaban J connectivity index is 0.836. The van der Waals surface area contributed by atoms with E-state index in [1.165, 1.54) is 0 Å². The SMILES string of the molecule is CC(=O)N[C@@H]1[C@@H](O)[C@H](O[C@@H]2O[C@H](CO)[C@@H](O[C@@H]3O[C@H](CO[C@H]4O[C@H](CO)[C@@H](O)[C@H](O)[C@@H]4O[C@@H]4O[C@H](CO)[C@@H](O[C@@H]5O[C@H](CO)[C@H](O)[C@H](O[C@@H]6O[C@H](CO)[C@H](O)[C@H](O)[C@H]6O)[C@H]5O)[C@H](O)[C@H]4NC(C)=O)[C@@H](O)[C@H](O[C@H]4O[C@H](CO)[C@@H](O)[C@H](O)[C@@H]4O[C@@H]4O[C@H](CO)[C@@H](O[C@@H]5O[C@H](CO)[C@H](O)[C@H](O[C@@H]6O[C@H](CO)[C@@H](O[C@@H]7O[C@H](CO)[C@H](O)[C@H](O)[C@H]7O)[C@H](O)[C@H]6NC(C)=O)[C@H]5O)[C@H](O)[C@H]4NC(C)=O)[C@@H]3O)[C@H](O)[C@H]2NC(C)=O)[C@@H](CO)O[C@H]1O. The molecule has 0 saturated carbocycles. The van der Waals surface area contributed by atoms with Crippen LogP contribution in [-0.2, 0) is 133 Å². The van der Waals surface area contributed by atoms with Gasteiger partial charge in [-0.15, -0.1) is 0 Å². The number of nitrogens with one attached hydrogen (secondary N) is 5. The molecule has 856 valence electrons. The molecule has 60 atom stereocenters. The smallest absolute Gasteiger partial charge is 0.217 e. The van der Waals surface area contributed by atoms with Crippen LogP contribution < -0.4 is 26.6 Å². The Hall–Kier alpha value is -4.89. The Bertz CT molecular complexity index is 4130. The zero-order valence-electron chi connectivity index (χ0n) is 79.3. The van der Waals surface area contributed by atoms with E-state index < -0.39 is 477 Å². The van der Waals surface area contributed by atoms with Gasteiger partial charge in [-0.2, -0.15) is 0 Å². The molecule has 12 heterocycles. The molecule has 12 aliphatic heterocycles. The molecule has 12 aliphatic rings. The summed E-state index contributed by atoms with van der Waals surface area (Å²) in [5.41, 5.74) is 0. The van der Waals surface area contributed by atoms with Crippen molar-refractivity contribution in [3.05, 3.63) is 0 Å². The highest BCUT2D eigenvalue weighted by Gasteiger charge is 2.64. The summed E-state index contributed by atoms with van der Waals surface area (Å²) in [5, 5.41) is 384. The Morgan fingerprint density at radius 3 is 0.655 bits per heavy atom. The van der Waals surface area contributed by atoms with Gasteiger partial charge in [-0.25, -0.2) is 0 Å². The standard InChI is InChI=1S/C82H137N5O61/c1-18(99)83-35-47(111)61(29(12-94)127-71(35)125)139-72-36(84-19(2)100)48(112)65(31(14-96)134-72)143-80-60(124)68(46(110)34(138-80)17-126-81-69(54(118)42(106)25(8-90)132-81)147-74-38(86-21(4)102)50(114)63(32(15-97)136-74)142-79-59(123)67(45(109)28(11-93)131-79)145-77-57(121)53(117)41(105)24(7-89)129-77)146-82-70(55(119)43(107)26(9-91)133-82)148-75-39(87-22(5)103)51(115)64(33(16-98)137-75)141-78-58(122)66(44(108)27(10-92)130-78)144-73-37(85-20(3)101)49(113)62(30(13-95)135-73)140-76-56(120)52(116)40(104)23(6-88)128-76/h23-82,88-98,104-125H,6-17H2,1-5H3,(H,83,99)(H,84,100)(H,85,101)(H,86,102)(H,87,103)/t23-,24-,25-,26-,27-,28-,29-,30-,31-,32-,33-,34-,35-,36-,37-,38-,39-,40+,41+,42-,43-,44+,45+,46-,47-,48-,49-,50-,51-,52+,53+,54+,55+,56-,57-,58-,59-,60+,61-,62-,63-,64-,65-,66+,67+,68+,69+,70+,71-,72+,73+,74+,75+,76+,77+,78+,79+,80+,81+,82-/m1/s1. The highest BCUT2D eigenvalue weighted by atomic mass is 16.8. The van der Waals surface area contributed by atoms with Crippen molar-refractivity contribution < 1.29 is 301 Å². The maximum atomic E-state index is 13.4. The van der Waals surface area contributed by atoms with E-state index in [-0.39, 0.29) is 0 Å². The first-order valence-corrected chi connectivity index (χ1v) is 47.2. The van der Waals surface area contributed by atoms with Crippen molar-refractivity contribution in [3.8, 4) is 0 Å². The van der Waals surface area contributed by atoms with E-state index in [0.717, 1.165) is 34.6 Å². The average Bonchev–Trinajstić information content (AvgIpc) is 0.762. The molecule has 0 aromatic heterocycles. The molecule has 38 N–H and O–H groups in total. The van der Waals surface area contributed by atoms with Gasteiger partial charge in [0.05, 0.1) is 79.3 Å². The summed E-state index contributed by atoms with van der Waals surface area (Å²) in [6.07, 6.45) is -119. The molecular formula is C82H137N5O61. The molecular weight excluding hydrogens is 2030 g/mol. The van der Waals surface area contributed by atoms with Crippen LogP contribution in [0.4, 0.5) is 0 Å². The summed E-state index contributed by atoms with van der Waals surface area (Å²) in [5.74, 6) is -4.86. The maximum Gasteiger partial charge on any atom is 0.217 e. The van der Waals surface area contributed by atoms with Gasteiger partial charge >= 0.3 is 0 Å². The van der Waals surface area contributed by atoms with Crippen molar-refractivity contribution in [1.29, 1.82) is 0 Å². The number of carbonyl (C=O) groups is 5. The zero-order chi connectivity index (χ0) is 109. The van der Waals surface area contributed by atoms with E-state index in [4.69, 9.17) is 109 Å². The fourth-order valence-corrected chi connectivity index (χ4v) is 19.3. The maximum absolute atomic E-state index is 13.4. The van der Waals surface area contributed by atoms with Gasteiger partial charge in [0.1, 0.15) is 293 Å². The third-order valence-corrected chi connectivity index (χ3v) is 27.1.